The molecule has 1 aromatic heterocycles. The van der Waals surface area contributed by atoms with Crippen molar-refractivity contribution in [3.8, 4) is 17.2 Å². The first-order valence-electron chi connectivity index (χ1n) is 13.7. The average Bonchev–Trinajstić information content (AvgIpc) is 2.94. The van der Waals surface area contributed by atoms with Crippen LogP contribution in [-0.4, -0.2) is 16.8 Å². The van der Waals surface area contributed by atoms with Gasteiger partial charge in [0, 0.05) is 5.69 Å². The minimum Gasteiger partial charge on any atom is -0.321 e. The molecule has 214 valence electrons. The van der Waals surface area contributed by atoms with E-state index >= 15 is 0 Å². The summed E-state index contributed by atoms with van der Waals surface area (Å²) in [6.07, 6.45) is 0. The second-order valence-corrected chi connectivity index (χ2v) is 12.4. The number of carbonyl (C=O) groups excluding carboxylic acids is 2. The zero-order chi connectivity index (χ0) is 30.8. The summed E-state index contributed by atoms with van der Waals surface area (Å²) >= 11 is 0. The van der Waals surface area contributed by atoms with Crippen LogP contribution in [0.3, 0.4) is 0 Å². The van der Waals surface area contributed by atoms with E-state index in [0.717, 1.165) is 11.1 Å². The first-order valence-corrected chi connectivity index (χ1v) is 13.7. The Labute approximate surface area is 246 Å². The molecule has 0 saturated heterocycles. The summed E-state index contributed by atoms with van der Waals surface area (Å²) < 4.78 is 14.9. The van der Waals surface area contributed by atoms with Crippen molar-refractivity contribution in [3.63, 3.8) is 0 Å². The van der Waals surface area contributed by atoms with Gasteiger partial charge in [0.1, 0.15) is 17.2 Å². The molecule has 4 rings (SSSR count). The van der Waals surface area contributed by atoms with Crippen molar-refractivity contribution >= 4 is 23.2 Å². The summed E-state index contributed by atoms with van der Waals surface area (Å²) in [5, 5.41) is 15.1. The molecule has 0 aliphatic heterocycles. The van der Waals surface area contributed by atoms with Gasteiger partial charge < -0.3 is 10.6 Å². The average molecular weight is 563 g/mol. The number of aromatic nitrogens is 1. The van der Waals surface area contributed by atoms with E-state index in [1.54, 1.807) is 43.3 Å². The largest absolute Gasteiger partial charge is 0.321 e. The number of hydrogen-bond acceptors (Lipinski definition) is 4. The number of rotatable bonds is 5. The highest BCUT2D eigenvalue weighted by Gasteiger charge is 2.22. The number of nitriles is 1. The van der Waals surface area contributed by atoms with Crippen LogP contribution in [0.25, 0.3) is 11.1 Å². The Hall–Kier alpha value is -4.83. The van der Waals surface area contributed by atoms with Crippen LogP contribution in [-0.2, 0) is 10.8 Å². The van der Waals surface area contributed by atoms with Crippen molar-refractivity contribution in [2.24, 2.45) is 0 Å². The molecule has 2 N–H and O–H groups in total. The molecule has 42 heavy (non-hydrogen) atoms. The molecule has 2 amide bonds. The Bertz CT molecular complexity index is 1690. The lowest BCUT2D eigenvalue weighted by Gasteiger charge is -2.26. The topological polar surface area (TPSA) is 94.9 Å². The number of anilines is 2. The molecular formula is C35H35FN4O2. The quantitative estimate of drug-likeness (QED) is 0.256. The first kappa shape index (κ1) is 30.1. The van der Waals surface area contributed by atoms with Crippen LogP contribution in [0.15, 0.2) is 72.8 Å². The molecule has 6 nitrogen and oxygen atoms in total. The van der Waals surface area contributed by atoms with Crippen LogP contribution >= 0.6 is 0 Å². The van der Waals surface area contributed by atoms with E-state index in [9.17, 15) is 19.2 Å². The fourth-order valence-corrected chi connectivity index (χ4v) is 4.57. The summed E-state index contributed by atoms with van der Waals surface area (Å²) in [4.78, 5) is 30.7. The molecule has 0 atom stereocenters. The molecule has 7 heteroatoms. The minimum atomic E-state index is -0.665. The lowest BCUT2D eigenvalue weighted by Crippen LogP contribution is -2.21. The number of halogens is 1. The van der Waals surface area contributed by atoms with Crippen LogP contribution in [0.2, 0.25) is 0 Å². The fraction of sp³-hybridized carbons (Fsp3) is 0.257. The van der Waals surface area contributed by atoms with E-state index in [2.05, 4.69) is 69.3 Å². The highest BCUT2D eigenvalue weighted by molar-refractivity contribution is 6.06. The highest BCUT2D eigenvalue weighted by Crippen LogP contribution is 2.34. The fourth-order valence-electron chi connectivity index (χ4n) is 4.57. The van der Waals surface area contributed by atoms with E-state index in [4.69, 9.17) is 0 Å². The Morgan fingerprint density at radius 2 is 1.33 bits per heavy atom. The van der Waals surface area contributed by atoms with Gasteiger partial charge in [0.2, 0.25) is 0 Å². The van der Waals surface area contributed by atoms with E-state index in [-0.39, 0.29) is 27.9 Å². The number of hydrogen-bond donors (Lipinski definition) is 2. The molecule has 1 heterocycles. The maximum absolute atomic E-state index is 14.9. The van der Waals surface area contributed by atoms with Crippen LogP contribution in [0.5, 0.6) is 0 Å². The maximum Gasteiger partial charge on any atom is 0.274 e. The number of pyridine rings is 1. The summed E-state index contributed by atoms with van der Waals surface area (Å²) in [6, 6.07) is 22.6. The number of benzene rings is 3. The minimum absolute atomic E-state index is 0.0180. The van der Waals surface area contributed by atoms with Crippen molar-refractivity contribution in [3.05, 3.63) is 112 Å². The van der Waals surface area contributed by atoms with Gasteiger partial charge in [0.15, 0.2) is 0 Å². The highest BCUT2D eigenvalue weighted by atomic mass is 19.1. The predicted octanol–water partition coefficient (Wildman–Crippen LogP) is 8.17. The molecule has 0 saturated carbocycles. The van der Waals surface area contributed by atoms with Crippen LogP contribution < -0.4 is 10.6 Å². The van der Waals surface area contributed by atoms with E-state index < -0.39 is 17.6 Å². The third-order valence-electron chi connectivity index (χ3n) is 7.13. The standard InChI is InChI=1S/C35H35FN4O2/c1-21-26(27-12-9-8-11-22(27)20-37)15-16-28(36)31(21)40-33(42)30-14-10-13-29(39-30)32(41)38-25-18-23(34(2,3)4)17-24(19-25)35(5,6)7/h8-19H,1-7H3,(H,38,41)(H,40,42). The Kier molecular flexibility index (Phi) is 8.31. The number of nitrogens with zero attached hydrogens (tertiary/aromatic N) is 2. The van der Waals surface area contributed by atoms with E-state index in [0.29, 0.717) is 27.9 Å². The second-order valence-electron chi connectivity index (χ2n) is 12.4. The van der Waals surface area contributed by atoms with Gasteiger partial charge >= 0.3 is 0 Å². The maximum atomic E-state index is 14.9. The van der Waals surface area contributed by atoms with Gasteiger partial charge in [-0.3, -0.25) is 9.59 Å². The zero-order valence-electron chi connectivity index (χ0n) is 25.0. The van der Waals surface area contributed by atoms with Gasteiger partial charge in [0.25, 0.3) is 11.8 Å². The number of amides is 2. The number of carbonyl (C=O) groups is 2. The third-order valence-corrected chi connectivity index (χ3v) is 7.13. The molecule has 0 aliphatic rings. The second kappa shape index (κ2) is 11.6. The summed E-state index contributed by atoms with van der Waals surface area (Å²) in [5.41, 5.74) is 4.71. The summed E-state index contributed by atoms with van der Waals surface area (Å²) in [7, 11) is 0. The van der Waals surface area contributed by atoms with Gasteiger partial charge in [-0.15, -0.1) is 0 Å². The van der Waals surface area contributed by atoms with Crippen molar-refractivity contribution in [1.29, 1.82) is 5.26 Å². The van der Waals surface area contributed by atoms with Gasteiger partial charge in [-0.2, -0.15) is 5.26 Å². The predicted molar refractivity (Wildman–Crippen MR) is 165 cm³/mol. The molecule has 3 aromatic carbocycles. The zero-order valence-corrected chi connectivity index (χ0v) is 25.0. The monoisotopic (exact) mass is 562 g/mol. The van der Waals surface area contributed by atoms with Crippen LogP contribution in [0.1, 0.15) is 84.8 Å². The van der Waals surface area contributed by atoms with E-state index in [1.165, 1.54) is 18.2 Å². The molecule has 4 aromatic rings. The summed E-state index contributed by atoms with van der Waals surface area (Å²) in [5.74, 6) is -1.75. The molecule has 0 fully saturated rings. The van der Waals surface area contributed by atoms with Crippen molar-refractivity contribution in [2.75, 3.05) is 10.6 Å². The molecule has 0 radical (unpaired) electrons. The summed E-state index contributed by atoms with van der Waals surface area (Å²) in [6.45, 7) is 14.4. The molecule has 0 bridgehead atoms. The third kappa shape index (κ3) is 6.55. The molecule has 0 unspecified atom stereocenters. The van der Waals surface area contributed by atoms with E-state index in [1.807, 2.05) is 12.1 Å². The van der Waals surface area contributed by atoms with Crippen LogP contribution in [0, 0.1) is 24.1 Å². The SMILES string of the molecule is Cc1c(-c2ccccc2C#N)ccc(F)c1NC(=O)c1cccc(C(=O)Nc2cc(C(C)(C)C)cc(C(C)(C)C)c2)n1. The first-order chi connectivity index (χ1) is 19.7. The number of nitrogens with one attached hydrogen (secondary N) is 2. The Balaban J connectivity index is 1.61. The molecular weight excluding hydrogens is 527 g/mol. The van der Waals surface area contributed by atoms with Gasteiger partial charge in [0.05, 0.1) is 17.3 Å². The lowest BCUT2D eigenvalue weighted by atomic mass is 9.80. The van der Waals surface area contributed by atoms with Gasteiger partial charge in [-0.05, 0) is 82.0 Å². The molecule has 0 aliphatic carbocycles. The Morgan fingerprint density at radius 1 is 0.762 bits per heavy atom. The van der Waals surface area contributed by atoms with Gasteiger partial charge in [-0.1, -0.05) is 77.9 Å². The lowest BCUT2D eigenvalue weighted by molar-refractivity contribution is 0.101. The van der Waals surface area contributed by atoms with Crippen molar-refractivity contribution < 1.29 is 14.0 Å². The normalized spacial score (nSPS) is 11.5. The molecule has 0 spiro atoms. The van der Waals surface area contributed by atoms with Crippen molar-refractivity contribution in [1.82, 2.24) is 4.98 Å². The van der Waals surface area contributed by atoms with Crippen LogP contribution in [0.4, 0.5) is 15.8 Å². The van der Waals surface area contributed by atoms with Crippen molar-refractivity contribution in [2.45, 2.75) is 59.3 Å². The smallest absolute Gasteiger partial charge is 0.274 e. The van der Waals surface area contributed by atoms with Gasteiger partial charge in [-0.25, -0.2) is 9.37 Å². The Morgan fingerprint density at radius 3 is 1.90 bits per heavy atom.